The summed E-state index contributed by atoms with van der Waals surface area (Å²) >= 11 is 6.68. The molecule has 0 radical (unpaired) electrons. The van der Waals surface area contributed by atoms with E-state index in [1.807, 2.05) is 71.7 Å². The first kappa shape index (κ1) is 25.5. The number of nitrogens with zero attached hydrogens (tertiary/aromatic N) is 3. The second-order valence-electron chi connectivity index (χ2n) is 9.42. The average molecular weight is 553 g/mol. The Bertz CT molecular complexity index is 1750. The number of nitro benzene ring substituents is 1. The molecule has 1 aromatic heterocycles. The van der Waals surface area contributed by atoms with Crippen LogP contribution in [0.1, 0.15) is 23.6 Å². The second-order valence-corrected chi connectivity index (χ2v) is 9.83. The highest BCUT2D eigenvalue weighted by Crippen LogP contribution is 2.46. The first-order valence-electron chi connectivity index (χ1n) is 12.7. The summed E-state index contributed by atoms with van der Waals surface area (Å²) in [5.41, 5.74) is 6.10. The molecule has 1 aliphatic heterocycles. The van der Waals surface area contributed by atoms with Gasteiger partial charge in [0.15, 0.2) is 0 Å². The predicted molar refractivity (Wildman–Crippen MR) is 158 cm³/mol. The third-order valence-electron chi connectivity index (χ3n) is 7.18. The van der Waals surface area contributed by atoms with E-state index in [4.69, 9.17) is 26.2 Å². The summed E-state index contributed by atoms with van der Waals surface area (Å²) < 4.78 is 10.7. The molecule has 0 saturated heterocycles. The molecule has 1 unspecified atom stereocenters. The van der Waals surface area contributed by atoms with E-state index in [0.717, 1.165) is 50.5 Å². The van der Waals surface area contributed by atoms with Crippen LogP contribution in [0.5, 0.6) is 11.5 Å². The molecule has 0 saturated carbocycles. The van der Waals surface area contributed by atoms with E-state index < -0.39 is 4.92 Å². The lowest BCUT2D eigenvalue weighted by atomic mass is 9.93. The van der Waals surface area contributed by atoms with Crippen molar-refractivity contribution in [1.29, 1.82) is 0 Å². The van der Waals surface area contributed by atoms with Gasteiger partial charge >= 0.3 is 0 Å². The topological polar surface area (TPSA) is 93.0 Å². The number of methoxy groups -OCH3 is 2. The number of anilines is 1. The number of fused-ring (bicyclic) bond motifs is 1. The molecule has 4 aromatic carbocycles. The summed E-state index contributed by atoms with van der Waals surface area (Å²) in [6.45, 7) is 0. The molecule has 0 fully saturated rings. The average Bonchev–Trinajstić information content (AvgIpc) is 3.59. The molecule has 1 atom stereocenters. The Balaban J connectivity index is 1.55. The number of nitro groups is 1. The van der Waals surface area contributed by atoms with Gasteiger partial charge < -0.3 is 14.5 Å². The van der Waals surface area contributed by atoms with Gasteiger partial charge in [0.2, 0.25) is 0 Å². The smallest absolute Gasteiger partial charge is 0.271 e. The van der Waals surface area contributed by atoms with E-state index in [1.165, 1.54) is 12.1 Å². The van der Waals surface area contributed by atoms with Gasteiger partial charge in [-0.15, -0.1) is 0 Å². The number of non-ortho nitro benzene ring substituents is 1. The lowest BCUT2D eigenvalue weighted by molar-refractivity contribution is -0.384. The van der Waals surface area contributed by atoms with Crippen LogP contribution in [0.3, 0.4) is 0 Å². The first-order valence-corrected chi connectivity index (χ1v) is 13.0. The zero-order chi connectivity index (χ0) is 27.8. The normalized spacial score (nSPS) is 14.8. The van der Waals surface area contributed by atoms with E-state index in [-0.39, 0.29) is 11.7 Å². The fourth-order valence-electron chi connectivity index (χ4n) is 5.20. The molecule has 8 nitrogen and oxygen atoms in total. The van der Waals surface area contributed by atoms with Crippen molar-refractivity contribution in [1.82, 2.24) is 4.98 Å². The van der Waals surface area contributed by atoms with E-state index in [1.54, 1.807) is 20.3 Å². The number of aromatic nitrogens is 1. The quantitative estimate of drug-likeness (QED) is 0.164. The molecule has 0 aliphatic carbocycles. The number of hydrogen-bond acceptors (Lipinski definition) is 6. The highest BCUT2D eigenvalue weighted by atomic mass is 35.5. The number of para-hydroxylation sites is 1. The third-order valence-corrected chi connectivity index (χ3v) is 7.50. The van der Waals surface area contributed by atoms with Crippen LogP contribution in [0.2, 0.25) is 5.02 Å². The summed E-state index contributed by atoms with van der Waals surface area (Å²) in [5, 5.41) is 19.9. The third kappa shape index (κ3) is 4.52. The highest BCUT2D eigenvalue weighted by Gasteiger charge is 2.35. The van der Waals surface area contributed by atoms with Crippen LogP contribution in [0.15, 0.2) is 96.1 Å². The van der Waals surface area contributed by atoms with E-state index in [9.17, 15) is 10.1 Å². The molecule has 40 heavy (non-hydrogen) atoms. The molecule has 9 heteroatoms. The van der Waals surface area contributed by atoms with Crippen LogP contribution in [-0.2, 0) is 0 Å². The van der Waals surface area contributed by atoms with Gasteiger partial charge in [-0.2, -0.15) is 5.10 Å². The minimum atomic E-state index is -0.423. The van der Waals surface area contributed by atoms with Gasteiger partial charge in [0.1, 0.15) is 11.5 Å². The molecule has 1 aliphatic rings. The molecule has 6 rings (SSSR count). The number of benzene rings is 4. The minimum Gasteiger partial charge on any atom is -0.497 e. The molecular weight excluding hydrogens is 528 g/mol. The van der Waals surface area contributed by atoms with Crippen molar-refractivity contribution in [3.8, 4) is 22.8 Å². The number of hydrazone groups is 1. The summed E-state index contributed by atoms with van der Waals surface area (Å²) in [5.74, 6) is 1.51. The van der Waals surface area contributed by atoms with Crippen molar-refractivity contribution in [3.63, 3.8) is 0 Å². The Morgan fingerprint density at radius 3 is 2.23 bits per heavy atom. The van der Waals surface area contributed by atoms with Crippen molar-refractivity contribution in [2.75, 3.05) is 19.2 Å². The van der Waals surface area contributed by atoms with Gasteiger partial charge in [-0.3, -0.25) is 15.1 Å². The number of rotatable bonds is 7. The monoisotopic (exact) mass is 552 g/mol. The van der Waals surface area contributed by atoms with Crippen LogP contribution in [0.25, 0.3) is 22.2 Å². The fourth-order valence-corrected chi connectivity index (χ4v) is 5.40. The molecular formula is C31H25ClN4O4. The molecule has 200 valence electrons. The van der Waals surface area contributed by atoms with E-state index in [0.29, 0.717) is 17.1 Å². The summed E-state index contributed by atoms with van der Waals surface area (Å²) in [6.07, 6.45) is 0.552. The first-order chi connectivity index (χ1) is 19.5. The van der Waals surface area contributed by atoms with E-state index >= 15 is 0 Å². The van der Waals surface area contributed by atoms with Gasteiger partial charge in [0.25, 0.3) is 5.69 Å². The summed E-state index contributed by atoms with van der Waals surface area (Å²) in [4.78, 5) is 14.9. The van der Waals surface area contributed by atoms with Crippen LogP contribution in [-0.4, -0.2) is 29.8 Å². The zero-order valence-electron chi connectivity index (χ0n) is 21.8. The van der Waals surface area contributed by atoms with Crippen molar-refractivity contribution in [2.24, 2.45) is 5.10 Å². The SMILES string of the molecule is COc1ccc(C2=NN(c3cc([N+](=O)[O-])ccc3Cl)C(c3c(-c4ccc(OC)cc4)[nH]c4ccccc34)C2)cc1. The maximum atomic E-state index is 11.7. The Morgan fingerprint density at radius 2 is 1.57 bits per heavy atom. The largest absolute Gasteiger partial charge is 0.497 e. The van der Waals surface area contributed by atoms with Gasteiger partial charge in [0, 0.05) is 35.0 Å². The van der Waals surface area contributed by atoms with Crippen molar-refractivity contribution in [2.45, 2.75) is 12.5 Å². The van der Waals surface area contributed by atoms with Crippen LogP contribution < -0.4 is 14.5 Å². The van der Waals surface area contributed by atoms with Gasteiger partial charge in [0.05, 0.1) is 47.3 Å². The Hall–Kier alpha value is -4.82. The Morgan fingerprint density at radius 1 is 0.925 bits per heavy atom. The van der Waals surface area contributed by atoms with Crippen LogP contribution >= 0.6 is 11.6 Å². The second kappa shape index (κ2) is 10.4. The standard InChI is InChI=1S/C31H25ClN4O4/c1-39-22-12-7-19(8-13-22)27-18-29(35(34-27)28-17-21(36(37)38)11-16-25(28)32)30-24-5-3-4-6-26(24)33-31(30)20-9-14-23(40-2)15-10-20/h3-17,29,33H,18H2,1-2H3. The lowest BCUT2D eigenvalue weighted by Crippen LogP contribution is -2.19. The number of halogens is 1. The number of ether oxygens (including phenoxy) is 2. The Kier molecular flexibility index (Phi) is 6.61. The van der Waals surface area contributed by atoms with Crippen molar-refractivity contribution >= 4 is 39.6 Å². The maximum Gasteiger partial charge on any atom is 0.271 e. The summed E-state index contributed by atoms with van der Waals surface area (Å²) in [7, 11) is 3.27. The molecule has 5 aromatic rings. The molecule has 1 N–H and O–H groups in total. The zero-order valence-corrected chi connectivity index (χ0v) is 22.6. The number of nitrogens with one attached hydrogen (secondary N) is 1. The number of H-pyrrole nitrogens is 1. The van der Waals surface area contributed by atoms with Crippen LogP contribution in [0, 0.1) is 10.1 Å². The molecule has 2 heterocycles. The van der Waals surface area contributed by atoms with Crippen molar-refractivity contribution in [3.05, 3.63) is 117 Å². The van der Waals surface area contributed by atoms with Gasteiger partial charge in [-0.25, -0.2) is 0 Å². The summed E-state index contributed by atoms with van der Waals surface area (Å²) in [6, 6.07) is 27.8. The minimum absolute atomic E-state index is 0.0550. The van der Waals surface area contributed by atoms with Gasteiger partial charge in [-0.05, 0) is 71.8 Å². The maximum absolute atomic E-state index is 11.7. The van der Waals surface area contributed by atoms with Gasteiger partial charge in [-0.1, -0.05) is 29.8 Å². The lowest BCUT2D eigenvalue weighted by Gasteiger charge is -2.25. The predicted octanol–water partition coefficient (Wildman–Crippen LogP) is 7.77. The molecule has 0 spiro atoms. The van der Waals surface area contributed by atoms with Crippen molar-refractivity contribution < 1.29 is 14.4 Å². The number of hydrogen-bond donors (Lipinski definition) is 1. The fraction of sp³-hybridized carbons (Fsp3) is 0.129. The molecule has 0 amide bonds. The highest BCUT2D eigenvalue weighted by molar-refractivity contribution is 6.33. The Labute approximate surface area is 235 Å². The number of aromatic amines is 1. The van der Waals surface area contributed by atoms with Crippen LogP contribution in [0.4, 0.5) is 11.4 Å². The molecule has 0 bridgehead atoms. The van der Waals surface area contributed by atoms with E-state index in [2.05, 4.69) is 11.1 Å².